The van der Waals surface area contributed by atoms with Crippen LogP contribution in [0.3, 0.4) is 0 Å². The summed E-state index contributed by atoms with van der Waals surface area (Å²) in [6.07, 6.45) is 3.56. The molecule has 0 spiro atoms. The molecule has 2 amide bonds. The number of nitrogens with zero attached hydrogens (tertiary/aromatic N) is 5. The summed E-state index contributed by atoms with van der Waals surface area (Å²) in [5, 5.41) is 14.9. The van der Waals surface area contributed by atoms with Gasteiger partial charge < -0.3 is 10.2 Å². The molecular formula is C18H20N6O2S. The molecule has 5 rings (SSSR count). The summed E-state index contributed by atoms with van der Waals surface area (Å²) in [7, 11) is 0. The number of benzene rings is 1. The highest BCUT2D eigenvalue weighted by atomic mass is 32.2. The predicted molar refractivity (Wildman–Crippen MR) is 101 cm³/mol. The molecule has 9 heteroatoms. The van der Waals surface area contributed by atoms with E-state index in [0.717, 1.165) is 30.7 Å². The van der Waals surface area contributed by atoms with Gasteiger partial charge >= 0.3 is 0 Å². The maximum Gasteiger partial charge on any atom is 0.248 e. The number of rotatable bonds is 4. The quantitative estimate of drug-likeness (QED) is 0.867. The standard InChI is InChI=1S/C18H20N6O2S/c1-18-9-8-15(25)23(18)14(10-27-18)17(26)19-12-4-2-11(3-5-12)16-20-21-22-24(16)13-6-7-13/h2-5,13-14H,6-10H2,1H3,(H,19,26). The lowest BCUT2D eigenvalue weighted by molar-refractivity contribution is -0.135. The normalized spacial score (nSPS) is 27.1. The Labute approximate surface area is 160 Å². The van der Waals surface area contributed by atoms with Gasteiger partial charge in [-0.2, -0.15) is 0 Å². The molecule has 3 fully saturated rings. The van der Waals surface area contributed by atoms with E-state index in [9.17, 15) is 9.59 Å². The van der Waals surface area contributed by atoms with Crippen LogP contribution in [0.15, 0.2) is 24.3 Å². The first-order chi connectivity index (χ1) is 13.0. The number of nitrogens with one attached hydrogen (secondary N) is 1. The Kier molecular flexibility index (Phi) is 3.75. The number of hydrogen-bond acceptors (Lipinski definition) is 6. The minimum atomic E-state index is -0.406. The van der Waals surface area contributed by atoms with E-state index in [-0.39, 0.29) is 16.7 Å². The molecule has 0 radical (unpaired) electrons. The number of carbonyl (C=O) groups is 2. The van der Waals surface area contributed by atoms with E-state index in [4.69, 9.17) is 0 Å². The van der Waals surface area contributed by atoms with Crippen molar-refractivity contribution in [1.29, 1.82) is 0 Å². The molecule has 2 aliphatic heterocycles. The van der Waals surface area contributed by atoms with Gasteiger partial charge in [0.2, 0.25) is 11.8 Å². The maximum atomic E-state index is 12.8. The van der Waals surface area contributed by atoms with Crippen molar-refractivity contribution in [3.63, 3.8) is 0 Å². The number of hydrogen-bond donors (Lipinski definition) is 1. The van der Waals surface area contributed by atoms with Gasteiger partial charge in [0.25, 0.3) is 0 Å². The highest BCUT2D eigenvalue weighted by Gasteiger charge is 2.52. The Morgan fingerprint density at radius 3 is 2.81 bits per heavy atom. The van der Waals surface area contributed by atoms with E-state index in [2.05, 4.69) is 27.8 Å². The zero-order chi connectivity index (χ0) is 18.6. The highest BCUT2D eigenvalue weighted by Crippen LogP contribution is 2.47. The molecule has 1 N–H and O–H groups in total. The monoisotopic (exact) mass is 384 g/mol. The minimum absolute atomic E-state index is 0.0740. The molecule has 3 aliphatic rings. The first-order valence-corrected chi connectivity index (χ1v) is 10.2. The lowest BCUT2D eigenvalue weighted by Crippen LogP contribution is -2.48. The van der Waals surface area contributed by atoms with E-state index < -0.39 is 6.04 Å². The molecule has 0 bridgehead atoms. The average Bonchev–Trinajstić information content (AvgIpc) is 3.16. The number of carbonyl (C=O) groups excluding carboxylic acids is 2. The van der Waals surface area contributed by atoms with E-state index >= 15 is 0 Å². The summed E-state index contributed by atoms with van der Waals surface area (Å²) >= 11 is 1.70. The zero-order valence-electron chi connectivity index (χ0n) is 15.0. The zero-order valence-corrected chi connectivity index (χ0v) is 15.8. The van der Waals surface area contributed by atoms with Gasteiger partial charge in [-0.25, -0.2) is 4.68 Å². The second-order valence-electron chi connectivity index (χ2n) is 7.51. The summed E-state index contributed by atoms with van der Waals surface area (Å²) in [6.45, 7) is 2.05. The smallest absolute Gasteiger partial charge is 0.248 e. The minimum Gasteiger partial charge on any atom is -0.324 e. The molecule has 1 aromatic carbocycles. The highest BCUT2D eigenvalue weighted by molar-refractivity contribution is 8.01. The molecular weight excluding hydrogens is 364 g/mol. The van der Waals surface area contributed by atoms with Crippen LogP contribution in [0, 0.1) is 0 Å². The van der Waals surface area contributed by atoms with E-state index in [1.807, 2.05) is 28.9 Å². The lowest BCUT2D eigenvalue weighted by atomic mass is 10.1. The first kappa shape index (κ1) is 16.7. The van der Waals surface area contributed by atoms with Gasteiger partial charge in [0.1, 0.15) is 6.04 Å². The third-order valence-electron chi connectivity index (χ3n) is 5.54. The van der Waals surface area contributed by atoms with Crippen molar-refractivity contribution in [2.45, 2.75) is 49.6 Å². The van der Waals surface area contributed by atoms with Crippen LogP contribution >= 0.6 is 11.8 Å². The van der Waals surface area contributed by atoms with Crippen molar-refractivity contribution in [1.82, 2.24) is 25.1 Å². The third-order valence-corrected chi connectivity index (χ3v) is 7.05. The van der Waals surface area contributed by atoms with Crippen LogP contribution in [0.25, 0.3) is 11.4 Å². The van der Waals surface area contributed by atoms with Crippen molar-refractivity contribution in [2.75, 3.05) is 11.1 Å². The predicted octanol–water partition coefficient (Wildman–Crippen LogP) is 2.07. The van der Waals surface area contributed by atoms with Crippen LogP contribution in [0.2, 0.25) is 0 Å². The van der Waals surface area contributed by atoms with Crippen LogP contribution in [0.5, 0.6) is 0 Å². The van der Waals surface area contributed by atoms with E-state index in [1.165, 1.54) is 0 Å². The number of aromatic nitrogens is 4. The second kappa shape index (κ2) is 6.05. The molecule has 27 heavy (non-hydrogen) atoms. The van der Waals surface area contributed by atoms with Gasteiger partial charge in [-0.1, -0.05) is 0 Å². The summed E-state index contributed by atoms with van der Waals surface area (Å²) in [6, 6.07) is 7.53. The first-order valence-electron chi connectivity index (χ1n) is 9.20. The summed E-state index contributed by atoms with van der Waals surface area (Å²) < 4.78 is 1.86. The number of anilines is 1. The number of tetrazole rings is 1. The van der Waals surface area contributed by atoms with Gasteiger partial charge in [0.05, 0.1) is 10.9 Å². The van der Waals surface area contributed by atoms with Gasteiger partial charge in [-0.15, -0.1) is 16.9 Å². The summed E-state index contributed by atoms with van der Waals surface area (Å²) in [5.74, 6) is 1.34. The molecule has 140 valence electrons. The fourth-order valence-corrected chi connectivity index (χ4v) is 5.32. The van der Waals surface area contributed by atoms with Gasteiger partial charge in [0.15, 0.2) is 5.82 Å². The number of fused-ring (bicyclic) bond motifs is 1. The largest absolute Gasteiger partial charge is 0.324 e. The molecule has 1 aromatic heterocycles. The summed E-state index contributed by atoms with van der Waals surface area (Å²) in [4.78, 5) is 26.5. The van der Waals surface area contributed by atoms with Crippen molar-refractivity contribution >= 4 is 29.3 Å². The van der Waals surface area contributed by atoms with E-state index in [1.54, 1.807) is 16.7 Å². The molecule has 2 saturated heterocycles. The number of thioether (sulfide) groups is 1. The molecule has 2 unspecified atom stereocenters. The molecule has 1 saturated carbocycles. The van der Waals surface area contributed by atoms with Crippen LogP contribution in [-0.2, 0) is 9.59 Å². The van der Waals surface area contributed by atoms with Crippen molar-refractivity contribution in [3.8, 4) is 11.4 Å². The van der Waals surface area contributed by atoms with Crippen LogP contribution in [-0.4, -0.2) is 53.6 Å². The van der Waals surface area contributed by atoms with E-state index in [0.29, 0.717) is 23.9 Å². The lowest BCUT2D eigenvalue weighted by Gasteiger charge is -2.29. The Bertz CT molecular complexity index is 909. The fourth-order valence-electron chi connectivity index (χ4n) is 3.89. The van der Waals surface area contributed by atoms with Crippen LogP contribution < -0.4 is 5.32 Å². The van der Waals surface area contributed by atoms with Crippen LogP contribution in [0.1, 0.15) is 38.6 Å². The van der Waals surface area contributed by atoms with Gasteiger partial charge in [-0.05, 0) is 60.9 Å². The molecule has 2 atom stereocenters. The summed E-state index contributed by atoms with van der Waals surface area (Å²) in [5.41, 5.74) is 1.63. The van der Waals surface area contributed by atoms with Gasteiger partial charge in [-0.3, -0.25) is 9.59 Å². The average molecular weight is 384 g/mol. The van der Waals surface area contributed by atoms with Gasteiger partial charge in [0, 0.05) is 23.4 Å². The Balaban J connectivity index is 1.31. The Morgan fingerprint density at radius 2 is 2.07 bits per heavy atom. The second-order valence-corrected chi connectivity index (χ2v) is 9.01. The molecule has 1 aliphatic carbocycles. The molecule has 8 nitrogen and oxygen atoms in total. The van der Waals surface area contributed by atoms with Crippen molar-refractivity contribution < 1.29 is 9.59 Å². The Hall–Kier alpha value is -2.42. The SMILES string of the molecule is CC12CCC(=O)N1C(C(=O)Nc1ccc(-c3nnnn3C3CC3)cc1)CS2. The number of amides is 2. The van der Waals surface area contributed by atoms with Crippen molar-refractivity contribution in [2.24, 2.45) is 0 Å². The third kappa shape index (κ3) is 2.80. The Morgan fingerprint density at radius 1 is 1.30 bits per heavy atom. The molecule has 2 aromatic rings. The van der Waals surface area contributed by atoms with Crippen molar-refractivity contribution in [3.05, 3.63) is 24.3 Å². The molecule has 3 heterocycles. The van der Waals surface area contributed by atoms with Crippen LogP contribution in [0.4, 0.5) is 5.69 Å². The fraction of sp³-hybridized carbons (Fsp3) is 0.500. The topological polar surface area (TPSA) is 93.0 Å². The maximum absolute atomic E-state index is 12.8.